The van der Waals surface area contributed by atoms with Gasteiger partial charge in [0.05, 0.1) is 17.5 Å². The summed E-state index contributed by atoms with van der Waals surface area (Å²) in [6, 6.07) is 7.20. The van der Waals surface area contributed by atoms with Gasteiger partial charge in [-0.05, 0) is 31.2 Å². The van der Waals surface area contributed by atoms with Gasteiger partial charge in [0.1, 0.15) is 5.75 Å². The number of pyridine rings is 1. The molecule has 0 aliphatic carbocycles. The highest BCUT2D eigenvalue weighted by Crippen LogP contribution is 2.17. The van der Waals surface area contributed by atoms with Gasteiger partial charge in [-0.3, -0.25) is 9.36 Å². The van der Waals surface area contributed by atoms with Gasteiger partial charge in [-0.2, -0.15) is 0 Å². The fourth-order valence-corrected chi connectivity index (χ4v) is 3.79. The van der Waals surface area contributed by atoms with Crippen LogP contribution in [0.1, 0.15) is 5.69 Å². The van der Waals surface area contributed by atoms with E-state index in [1.807, 2.05) is 0 Å². The summed E-state index contributed by atoms with van der Waals surface area (Å²) in [4.78, 5) is 23.6. The molecule has 0 aliphatic rings. The second-order valence-corrected chi connectivity index (χ2v) is 7.75. The molecule has 3 aromatic rings. The normalized spacial score (nSPS) is 11.8. The van der Waals surface area contributed by atoms with Crippen molar-refractivity contribution in [2.45, 2.75) is 18.4 Å². The quantitative estimate of drug-likeness (QED) is 0.656. The summed E-state index contributed by atoms with van der Waals surface area (Å²) < 4.78 is 40.2. The predicted octanol–water partition coefficient (Wildman–Crippen LogP) is 0.589. The Kier molecular flexibility index (Phi) is 4.94. The monoisotopic (exact) mass is 393 g/mol. The molecule has 144 valence electrons. The minimum atomic E-state index is -3.82. The maximum Gasteiger partial charge on any atom is 0.419 e. The Bertz CT molecular complexity index is 1220. The van der Waals surface area contributed by atoms with Crippen LogP contribution in [-0.2, 0) is 23.6 Å². The molecule has 0 atom stereocenters. The van der Waals surface area contributed by atoms with Crippen molar-refractivity contribution in [3.63, 3.8) is 0 Å². The van der Waals surface area contributed by atoms with Crippen LogP contribution in [0, 0.1) is 6.92 Å². The van der Waals surface area contributed by atoms with Crippen LogP contribution >= 0.6 is 0 Å². The average molecular weight is 393 g/mol. The van der Waals surface area contributed by atoms with Crippen LogP contribution in [0.15, 0.2) is 49.2 Å². The fourth-order valence-electron chi connectivity index (χ4n) is 2.75. The lowest BCUT2D eigenvalue weighted by Crippen LogP contribution is -2.31. The molecular formula is C17H19N3O6S. The summed E-state index contributed by atoms with van der Waals surface area (Å²) in [6.45, 7) is 1.93. The molecule has 1 aromatic carbocycles. The van der Waals surface area contributed by atoms with Gasteiger partial charge in [0.2, 0.25) is 10.0 Å². The van der Waals surface area contributed by atoms with Gasteiger partial charge in [-0.15, -0.1) is 0 Å². The number of ether oxygens (including phenoxy) is 1. The van der Waals surface area contributed by atoms with Crippen LogP contribution in [0.5, 0.6) is 5.75 Å². The lowest BCUT2D eigenvalue weighted by Gasteiger charge is -2.12. The summed E-state index contributed by atoms with van der Waals surface area (Å²) in [5.41, 5.74) is 1.07. The molecule has 0 fully saturated rings. The van der Waals surface area contributed by atoms with Gasteiger partial charge < -0.3 is 13.7 Å². The molecule has 0 aliphatic heterocycles. The van der Waals surface area contributed by atoms with E-state index < -0.39 is 15.8 Å². The van der Waals surface area contributed by atoms with Gasteiger partial charge >= 0.3 is 5.76 Å². The lowest BCUT2D eigenvalue weighted by atomic mass is 10.3. The summed E-state index contributed by atoms with van der Waals surface area (Å²) in [5, 5.41) is 0. The zero-order valence-corrected chi connectivity index (χ0v) is 15.9. The molecule has 0 bridgehead atoms. The van der Waals surface area contributed by atoms with E-state index >= 15 is 0 Å². The molecule has 27 heavy (non-hydrogen) atoms. The maximum absolute atomic E-state index is 12.5. The number of hydrogen-bond acceptors (Lipinski definition) is 6. The van der Waals surface area contributed by atoms with E-state index in [9.17, 15) is 18.0 Å². The van der Waals surface area contributed by atoms with Crippen LogP contribution in [0.3, 0.4) is 0 Å². The number of rotatable bonds is 6. The number of nitrogens with one attached hydrogen (secondary N) is 1. The summed E-state index contributed by atoms with van der Waals surface area (Å²) in [5.74, 6) is -0.116. The number of aryl methyl sites for hydroxylation is 2. The first-order valence-electron chi connectivity index (χ1n) is 8.07. The van der Waals surface area contributed by atoms with Crippen LogP contribution in [0.4, 0.5) is 0 Å². The van der Waals surface area contributed by atoms with E-state index in [0.717, 1.165) is 0 Å². The van der Waals surface area contributed by atoms with Crippen LogP contribution in [0.25, 0.3) is 11.1 Å². The number of aromatic nitrogens is 2. The molecule has 0 spiro atoms. The van der Waals surface area contributed by atoms with Crippen molar-refractivity contribution in [1.82, 2.24) is 13.9 Å². The maximum atomic E-state index is 12.5. The third-order valence-corrected chi connectivity index (χ3v) is 5.70. The largest absolute Gasteiger partial charge is 0.496 e. The molecule has 10 heteroatoms. The summed E-state index contributed by atoms with van der Waals surface area (Å²) in [6.07, 6.45) is 0. The van der Waals surface area contributed by atoms with Crippen molar-refractivity contribution in [3.8, 4) is 5.75 Å². The molecular weight excluding hydrogens is 374 g/mol. The van der Waals surface area contributed by atoms with Crippen molar-refractivity contribution < 1.29 is 17.6 Å². The van der Waals surface area contributed by atoms with Gasteiger partial charge in [-0.1, -0.05) is 0 Å². The number of sulfonamides is 1. The third kappa shape index (κ3) is 3.67. The number of benzene rings is 1. The van der Waals surface area contributed by atoms with Crippen molar-refractivity contribution in [2.24, 2.45) is 7.05 Å². The number of nitrogens with zero attached hydrogens (tertiary/aromatic N) is 2. The topological polar surface area (TPSA) is 113 Å². The molecule has 1 N–H and O–H groups in total. The lowest BCUT2D eigenvalue weighted by molar-refractivity contribution is 0.411. The van der Waals surface area contributed by atoms with Crippen LogP contribution in [0.2, 0.25) is 0 Å². The smallest absolute Gasteiger partial charge is 0.419 e. The number of hydrogen-bond donors (Lipinski definition) is 1. The first kappa shape index (κ1) is 18.9. The molecule has 2 aromatic heterocycles. The molecule has 0 radical (unpaired) electrons. The first-order valence-corrected chi connectivity index (χ1v) is 9.56. The van der Waals surface area contributed by atoms with Gasteiger partial charge in [-0.25, -0.2) is 17.9 Å². The van der Waals surface area contributed by atoms with Gasteiger partial charge in [0.25, 0.3) is 5.56 Å². The zero-order chi connectivity index (χ0) is 19.8. The number of oxazole rings is 1. The minimum Gasteiger partial charge on any atom is -0.496 e. The van der Waals surface area contributed by atoms with Crippen LogP contribution in [-0.4, -0.2) is 31.2 Å². The SMILES string of the molecule is COc1cc(C)n(CCNS(=O)(=O)c2ccc3oc(=O)n(C)c3c2)c(=O)c1. The number of fused-ring (bicyclic) bond motifs is 1. The molecule has 0 saturated heterocycles. The zero-order valence-electron chi connectivity index (χ0n) is 15.1. The predicted molar refractivity (Wildman–Crippen MR) is 98.6 cm³/mol. The van der Waals surface area contributed by atoms with Crippen molar-refractivity contribution in [1.29, 1.82) is 0 Å². The van der Waals surface area contributed by atoms with Crippen molar-refractivity contribution >= 4 is 21.1 Å². The highest BCUT2D eigenvalue weighted by molar-refractivity contribution is 7.89. The van der Waals surface area contributed by atoms with E-state index in [-0.39, 0.29) is 23.5 Å². The highest BCUT2D eigenvalue weighted by Gasteiger charge is 2.17. The summed E-state index contributed by atoms with van der Waals surface area (Å²) in [7, 11) is -0.847. The van der Waals surface area contributed by atoms with E-state index in [4.69, 9.17) is 9.15 Å². The molecule has 2 heterocycles. The van der Waals surface area contributed by atoms with E-state index in [1.54, 1.807) is 13.0 Å². The molecule has 3 rings (SSSR count). The molecule has 0 unspecified atom stereocenters. The van der Waals surface area contributed by atoms with E-state index in [2.05, 4.69) is 4.72 Å². The average Bonchev–Trinajstić information content (AvgIpc) is 2.91. The fraction of sp³-hybridized carbons (Fsp3) is 0.294. The van der Waals surface area contributed by atoms with Crippen molar-refractivity contribution in [3.05, 3.63) is 56.9 Å². The minimum absolute atomic E-state index is 0.00481. The second kappa shape index (κ2) is 7.05. The van der Waals surface area contributed by atoms with Gasteiger partial charge in [0, 0.05) is 31.9 Å². The Morgan fingerprint density at radius 3 is 2.59 bits per heavy atom. The van der Waals surface area contributed by atoms with Gasteiger partial charge in [0.15, 0.2) is 5.58 Å². The highest BCUT2D eigenvalue weighted by atomic mass is 32.2. The molecule has 0 amide bonds. The third-order valence-electron chi connectivity index (χ3n) is 4.25. The Balaban J connectivity index is 1.79. The van der Waals surface area contributed by atoms with Crippen LogP contribution < -0.4 is 20.8 Å². The Morgan fingerprint density at radius 2 is 1.93 bits per heavy atom. The molecule has 0 saturated carbocycles. The van der Waals surface area contributed by atoms with E-state index in [0.29, 0.717) is 22.5 Å². The number of methoxy groups -OCH3 is 1. The Labute approximate surface area is 154 Å². The second-order valence-electron chi connectivity index (χ2n) is 5.98. The first-order chi connectivity index (χ1) is 12.7. The van der Waals surface area contributed by atoms with Crippen molar-refractivity contribution in [2.75, 3.05) is 13.7 Å². The Morgan fingerprint density at radius 1 is 1.19 bits per heavy atom. The molecule has 9 nitrogen and oxygen atoms in total. The van der Waals surface area contributed by atoms with E-state index in [1.165, 1.54) is 47.6 Å². The summed E-state index contributed by atoms with van der Waals surface area (Å²) >= 11 is 0. The Hall–Kier alpha value is -2.85. The standard InChI is InChI=1S/C17H19N3O6S/c1-11-8-12(25-3)9-16(21)20(11)7-6-18-27(23,24)13-4-5-15-14(10-13)19(2)17(22)26-15/h4-5,8-10,18H,6-7H2,1-3H3.